The van der Waals surface area contributed by atoms with Gasteiger partial charge in [0.1, 0.15) is 0 Å². The van der Waals surface area contributed by atoms with E-state index in [0.29, 0.717) is 18.2 Å². The van der Waals surface area contributed by atoms with Crippen molar-refractivity contribution >= 4 is 11.4 Å². The number of benzene rings is 1. The fourth-order valence-electron chi connectivity index (χ4n) is 3.86. The Kier molecular flexibility index (Phi) is 5.44. The van der Waals surface area contributed by atoms with Gasteiger partial charge in [0, 0.05) is 37.1 Å². The smallest absolute Gasteiger partial charge is 0.0726 e. The van der Waals surface area contributed by atoms with Gasteiger partial charge in [-0.05, 0) is 63.6 Å². The third kappa shape index (κ3) is 4.61. The average molecular weight is 317 g/mol. The van der Waals surface area contributed by atoms with Crippen molar-refractivity contribution in [2.45, 2.75) is 57.8 Å². The second-order valence-electron chi connectivity index (χ2n) is 7.37. The van der Waals surface area contributed by atoms with Crippen LogP contribution >= 0.6 is 0 Å². The van der Waals surface area contributed by atoms with Gasteiger partial charge in [0.25, 0.3) is 0 Å². The van der Waals surface area contributed by atoms with E-state index in [-0.39, 0.29) is 0 Å². The first-order valence-corrected chi connectivity index (χ1v) is 9.10. The summed E-state index contributed by atoms with van der Waals surface area (Å²) < 4.78 is 5.84. The number of hydrogen-bond acceptors (Lipinski definition) is 4. The minimum Gasteiger partial charge on any atom is -0.385 e. The first kappa shape index (κ1) is 16.6. The van der Waals surface area contributed by atoms with Crippen LogP contribution in [0.25, 0.3) is 0 Å². The van der Waals surface area contributed by atoms with E-state index in [1.807, 2.05) is 0 Å². The first-order valence-electron chi connectivity index (χ1n) is 9.10. The molecule has 128 valence electrons. The maximum Gasteiger partial charge on any atom is 0.0726 e. The van der Waals surface area contributed by atoms with E-state index >= 15 is 0 Å². The summed E-state index contributed by atoms with van der Waals surface area (Å²) in [5.74, 6) is 0.766. The van der Waals surface area contributed by atoms with Crippen LogP contribution in [0.15, 0.2) is 24.3 Å². The quantitative estimate of drug-likeness (QED) is 0.895. The lowest BCUT2D eigenvalue weighted by molar-refractivity contribution is -0.00521. The molecule has 2 fully saturated rings. The summed E-state index contributed by atoms with van der Waals surface area (Å²) in [6, 6.07) is 9.24. The lowest BCUT2D eigenvalue weighted by Crippen LogP contribution is -2.45. The SMILES string of the molecule is C[C@@H]1CN(c2cccc(NCC3CCC(N)CC3)c2)C[C@H](C)O1. The third-order valence-electron chi connectivity index (χ3n) is 5.12. The van der Waals surface area contributed by atoms with Gasteiger partial charge in [0.15, 0.2) is 0 Å². The van der Waals surface area contributed by atoms with E-state index in [1.165, 1.54) is 37.1 Å². The molecule has 1 aliphatic carbocycles. The zero-order chi connectivity index (χ0) is 16.2. The molecule has 1 aliphatic heterocycles. The number of morpholine rings is 1. The fourth-order valence-corrected chi connectivity index (χ4v) is 3.86. The number of hydrogen-bond donors (Lipinski definition) is 2. The Labute approximate surface area is 140 Å². The van der Waals surface area contributed by atoms with Crippen LogP contribution in [0, 0.1) is 5.92 Å². The fraction of sp³-hybridized carbons (Fsp3) is 0.684. The van der Waals surface area contributed by atoms with E-state index in [9.17, 15) is 0 Å². The summed E-state index contributed by atoms with van der Waals surface area (Å²) in [6.45, 7) is 7.30. The Balaban J connectivity index is 1.57. The summed E-state index contributed by atoms with van der Waals surface area (Å²) in [5, 5.41) is 3.63. The molecule has 1 saturated carbocycles. The summed E-state index contributed by atoms with van der Waals surface area (Å²) in [5.41, 5.74) is 8.51. The molecular formula is C19H31N3O. The molecule has 0 amide bonds. The Morgan fingerprint density at radius 1 is 1.13 bits per heavy atom. The van der Waals surface area contributed by atoms with E-state index in [0.717, 1.165) is 25.6 Å². The van der Waals surface area contributed by atoms with Gasteiger partial charge >= 0.3 is 0 Å². The van der Waals surface area contributed by atoms with Crippen LogP contribution in [-0.2, 0) is 4.74 Å². The molecule has 1 heterocycles. The molecule has 1 saturated heterocycles. The van der Waals surface area contributed by atoms with Gasteiger partial charge in [0.2, 0.25) is 0 Å². The number of ether oxygens (including phenoxy) is 1. The second-order valence-corrected chi connectivity index (χ2v) is 7.37. The average Bonchev–Trinajstić information content (AvgIpc) is 2.54. The highest BCUT2D eigenvalue weighted by Crippen LogP contribution is 2.26. The van der Waals surface area contributed by atoms with Crippen molar-refractivity contribution in [2.75, 3.05) is 29.9 Å². The molecular weight excluding hydrogens is 286 g/mol. The predicted molar refractivity (Wildman–Crippen MR) is 97.1 cm³/mol. The minimum absolute atomic E-state index is 0.293. The van der Waals surface area contributed by atoms with Crippen molar-refractivity contribution in [3.05, 3.63) is 24.3 Å². The number of nitrogens with two attached hydrogens (primary N) is 1. The second kappa shape index (κ2) is 7.54. The van der Waals surface area contributed by atoms with Crippen LogP contribution in [-0.4, -0.2) is 37.9 Å². The Hall–Kier alpha value is -1.26. The maximum atomic E-state index is 5.99. The number of rotatable bonds is 4. The highest BCUT2D eigenvalue weighted by molar-refractivity contribution is 5.58. The number of nitrogens with one attached hydrogen (secondary N) is 1. The normalized spacial score (nSPS) is 31.9. The van der Waals surface area contributed by atoms with Gasteiger partial charge in [-0.1, -0.05) is 6.07 Å². The zero-order valence-electron chi connectivity index (χ0n) is 14.5. The lowest BCUT2D eigenvalue weighted by atomic mass is 9.86. The van der Waals surface area contributed by atoms with Gasteiger partial charge in [-0.3, -0.25) is 0 Å². The number of nitrogens with zero attached hydrogens (tertiary/aromatic N) is 1. The van der Waals surface area contributed by atoms with Gasteiger partial charge in [0.05, 0.1) is 12.2 Å². The molecule has 1 aromatic rings. The molecule has 2 aliphatic rings. The summed E-state index contributed by atoms with van der Waals surface area (Å²) in [6.07, 6.45) is 5.45. The van der Waals surface area contributed by atoms with Crippen LogP contribution in [0.3, 0.4) is 0 Å². The van der Waals surface area contributed by atoms with Crippen molar-refractivity contribution in [1.82, 2.24) is 0 Å². The molecule has 3 N–H and O–H groups in total. The van der Waals surface area contributed by atoms with E-state index in [4.69, 9.17) is 10.5 Å². The van der Waals surface area contributed by atoms with Crippen molar-refractivity contribution in [1.29, 1.82) is 0 Å². The van der Waals surface area contributed by atoms with Gasteiger partial charge in [-0.15, -0.1) is 0 Å². The first-order chi connectivity index (χ1) is 11.1. The third-order valence-corrected chi connectivity index (χ3v) is 5.12. The van der Waals surface area contributed by atoms with E-state index in [2.05, 4.69) is 48.3 Å². The molecule has 1 aromatic carbocycles. The largest absolute Gasteiger partial charge is 0.385 e. The summed E-state index contributed by atoms with van der Waals surface area (Å²) in [4.78, 5) is 2.43. The predicted octanol–water partition coefficient (Wildman–Crippen LogP) is 3.23. The van der Waals surface area contributed by atoms with Crippen LogP contribution in [0.2, 0.25) is 0 Å². The van der Waals surface area contributed by atoms with Crippen LogP contribution < -0.4 is 16.0 Å². The van der Waals surface area contributed by atoms with E-state index < -0.39 is 0 Å². The van der Waals surface area contributed by atoms with Crippen molar-refractivity contribution in [3.8, 4) is 0 Å². The molecule has 0 bridgehead atoms. The van der Waals surface area contributed by atoms with Crippen LogP contribution in [0.5, 0.6) is 0 Å². The Morgan fingerprint density at radius 2 is 1.83 bits per heavy atom. The lowest BCUT2D eigenvalue weighted by Gasteiger charge is -2.37. The standard InChI is InChI=1S/C19H31N3O/c1-14-12-22(13-15(2)23-14)19-5-3-4-18(10-19)21-11-16-6-8-17(20)9-7-16/h3-5,10,14-17,21H,6-9,11-13,20H2,1-2H3/t14-,15+,16?,17?. The van der Waals surface area contributed by atoms with Gasteiger partial charge < -0.3 is 20.7 Å². The summed E-state index contributed by atoms with van der Waals surface area (Å²) in [7, 11) is 0. The van der Waals surface area contributed by atoms with E-state index in [1.54, 1.807) is 0 Å². The highest BCUT2D eigenvalue weighted by atomic mass is 16.5. The highest BCUT2D eigenvalue weighted by Gasteiger charge is 2.22. The molecule has 0 radical (unpaired) electrons. The summed E-state index contributed by atoms with van der Waals surface area (Å²) >= 11 is 0. The van der Waals surface area contributed by atoms with Crippen molar-refractivity contribution in [2.24, 2.45) is 11.7 Å². The maximum absolute atomic E-state index is 5.99. The van der Waals surface area contributed by atoms with Crippen LogP contribution in [0.1, 0.15) is 39.5 Å². The molecule has 0 spiro atoms. The Morgan fingerprint density at radius 3 is 2.52 bits per heavy atom. The molecule has 4 nitrogen and oxygen atoms in total. The molecule has 2 atom stereocenters. The van der Waals surface area contributed by atoms with Crippen molar-refractivity contribution in [3.63, 3.8) is 0 Å². The molecule has 23 heavy (non-hydrogen) atoms. The van der Waals surface area contributed by atoms with Crippen molar-refractivity contribution < 1.29 is 4.74 Å². The molecule has 0 aromatic heterocycles. The zero-order valence-corrected chi connectivity index (χ0v) is 14.5. The monoisotopic (exact) mass is 317 g/mol. The Bertz CT molecular complexity index is 489. The minimum atomic E-state index is 0.293. The molecule has 0 unspecified atom stereocenters. The molecule has 3 rings (SSSR count). The number of anilines is 2. The molecule has 4 heteroatoms. The van der Waals surface area contributed by atoms with Gasteiger partial charge in [-0.2, -0.15) is 0 Å². The topological polar surface area (TPSA) is 50.5 Å². The van der Waals surface area contributed by atoms with Gasteiger partial charge in [-0.25, -0.2) is 0 Å². The van der Waals surface area contributed by atoms with Crippen LogP contribution in [0.4, 0.5) is 11.4 Å².